The SMILES string of the molecule is CSCCCNS(=O)(=O)c1cc(C)c(CO)s1. The van der Waals surface area contributed by atoms with Crippen LogP contribution in [0, 0.1) is 6.92 Å². The van der Waals surface area contributed by atoms with Gasteiger partial charge in [-0.25, -0.2) is 13.1 Å². The second kappa shape index (κ2) is 6.75. The van der Waals surface area contributed by atoms with Crippen molar-refractivity contribution in [3.05, 3.63) is 16.5 Å². The van der Waals surface area contributed by atoms with Crippen LogP contribution in [-0.2, 0) is 16.6 Å². The molecule has 1 rings (SSSR count). The highest BCUT2D eigenvalue weighted by atomic mass is 32.2. The van der Waals surface area contributed by atoms with Gasteiger partial charge in [-0.1, -0.05) is 0 Å². The molecule has 1 aromatic rings. The molecule has 1 aromatic heterocycles. The number of sulfonamides is 1. The van der Waals surface area contributed by atoms with Crippen LogP contribution in [-0.4, -0.2) is 32.1 Å². The second-order valence-electron chi connectivity index (χ2n) is 3.57. The summed E-state index contributed by atoms with van der Waals surface area (Å²) in [5.41, 5.74) is 0.821. The van der Waals surface area contributed by atoms with E-state index >= 15 is 0 Å². The van der Waals surface area contributed by atoms with Gasteiger partial charge in [0.05, 0.1) is 6.61 Å². The Bertz CT molecular complexity index is 453. The number of aliphatic hydroxyl groups is 1. The second-order valence-corrected chi connectivity index (χ2v) is 7.69. The van der Waals surface area contributed by atoms with Crippen molar-refractivity contribution in [2.75, 3.05) is 18.6 Å². The first kappa shape index (κ1) is 15.0. The van der Waals surface area contributed by atoms with Crippen LogP contribution in [0.2, 0.25) is 0 Å². The fourth-order valence-electron chi connectivity index (χ4n) is 1.27. The van der Waals surface area contributed by atoms with Crippen LogP contribution in [0.1, 0.15) is 16.9 Å². The fourth-order valence-corrected chi connectivity index (χ4v) is 4.27. The first-order valence-electron chi connectivity index (χ1n) is 5.20. The molecule has 0 aromatic carbocycles. The van der Waals surface area contributed by atoms with Crippen LogP contribution in [0.3, 0.4) is 0 Å². The van der Waals surface area contributed by atoms with Crippen molar-refractivity contribution in [3.8, 4) is 0 Å². The third-order valence-corrected chi connectivity index (χ3v) is 6.08. The van der Waals surface area contributed by atoms with E-state index in [4.69, 9.17) is 5.11 Å². The van der Waals surface area contributed by atoms with E-state index < -0.39 is 10.0 Å². The van der Waals surface area contributed by atoms with Gasteiger partial charge < -0.3 is 5.11 Å². The highest BCUT2D eigenvalue weighted by Crippen LogP contribution is 2.25. The van der Waals surface area contributed by atoms with Crippen molar-refractivity contribution in [1.29, 1.82) is 0 Å². The quantitative estimate of drug-likeness (QED) is 0.750. The standard InChI is InChI=1S/C10H17NO3S3/c1-8-6-10(16-9(8)7-12)17(13,14)11-4-3-5-15-2/h6,11-12H,3-5,7H2,1-2H3. The molecule has 17 heavy (non-hydrogen) atoms. The van der Waals surface area contributed by atoms with Crippen molar-refractivity contribution in [2.24, 2.45) is 0 Å². The van der Waals surface area contributed by atoms with E-state index in [1.807, 2.05) is 6.26 Å². The summed E-state index contributed by atoms with van der Waals surface area (Å²) in [6.45, 7) is 2.14. The van der Waals surface area contributed by atoms with Crippen LogP contribution in [0.15, 0.2) is 10.3 Å². The molecule has 0 saturated carbocycles. The van der Waals surface area contributed by atoms with Gasteiger partial charge in [0.2, 0.25) is 10.0 Å². The van der Waals surface area contributed by atoms with Crippen molar-refractivity contribution in [3.63, 3.8) is 0 Å². The maximum Gasteiger partial charge on any atom is 0.250 e. The Morgan fingerprint density at radius 2 is 2.24 bits per heavy atom. The van der Waals surface area contributed by atoms with Gasteiger partial charge in [0, 0.05) is 11.4 Å². The predicted molar refractivity (Wildman–Crippen MR) is 73.2 cm³/mol. The molecule has 7 heteroatoms. The number of aliphatic hydroxyl groups excluding tert-OH is 1. The van der Waals surface area contributed by atoms with Gasteiger partial charge in [0.25, 0.3) is 0 Å². The number of hydrogen-bond acceptors (Lipinski definition) is 5. The lowest BCUT2D eigenvalue weighted by Crippen LogP contribution is -2.24. The molecule has 98 valence electrons. The van der Waals surface area contributed by atoms with E-state index in [2.05, 4.69) is 4.72 Å². The Balaban J connectivity index is 2.69. The van der Waals surface area contributed by atoms with E-state index in [9.17, 15) is 8.42 Å². The molecule has 0 amide bonds. The van der Waals surface area contributed by atoms with Crippen LogP contribution in [0.25, 0.3) is 0 Å². The van der Waals surface area contributed by atoms with E-state index in [0.717, 1.165) is 29.1 Å². The third kappa shape index (κ3) is 4.26. The molecule has 0 saturated heterocycles. The average Bonchev–Trinajstić information content (AvgIpc) is 2.67. The summed E-state index contributed by atoms with van der Waals surface area (Å²) in [6, 6.07) is 1.60. The first-order chi connectivity index (χ1) is 8.01. The Morgan fingerprint density at radius 3 is 2.76 bits per heavy atom. The van der Waals surface area contributed by atoms with Crippen molar-refractivity contribution < 1.29 is 13.5 Å². The zero-order valence-corrected chi connectivity index (χ0v) is 12.3. The summed E-state index contributed by atoms with van der Waals surface area (Å²) in [7, 11) is -3.40. The highest BCUT2D eigenvalue weighted by molar-refractivity contribution is 7.98. The molecular formula is C10H17NO3S3. The summed E-state index contributed by atoms with van der Waals surface area (Å²) < 4.78 is 26.6. The lowest BCUT2D eigenvalue weighted by Gasteiger charge is -2.03. The predicted octanol–water partition coefficient (Wildman–Crippen LogP) is 1.58. The zero-order chi connectivity index (χ0) is 12.9. The molecule has 0 radical (unpaired) electrons. The van der Waals surface area contributed by atoms with E-state index in [-0.39, 0.29) is 10.8 Å². The minimum Gasteiger partial charge on any atom is -0.391 e. The van der Waals surface area contributed by atoms with Gasteiger partial charge in [-0.05, 0) is 37.0 Å². The minimum atomic E-state index is -3.40. The van der Waals surface area contributed by atoms with Gasteiger partial charge in [-0.2, -0.15) is 11.8 Å². The van der Waals surface area contributed by atoms with Gasteiger partial charge in [-0.3, -0.25) is 0 Å². The molecule has 0 atom stereocenters. The summed E-state index contributed by atoms with van der Waals surface area (Å²) in [5.74, 6) is 0.938. The smallest absolute Gasteiger partial charge is 0.250 e. The Kier molecular flexibility index (Phi) is 5.94. The van der Waals surface area contributed by atoms with Gasteiger partial charge in [0.15, 0.2) is 0 Å². The number of rotatable bonds is 7. The van der Waals surface area contributed by atoms with E-state index in [1.54, 1.807) is 24.8 Å². The van der Waals surface area contributed by atoms with Gasteiger partial charge in [0.1, 0.15) is 4.21 Å². The third-order valence-electron chi connectivity index (χ3n) is 2.22. The van der Waals surface area contributed by atoms with Crippen LogP contribution >= 0.6 is 23.1 Å². The molecular weight excluding hydrogens is 278 g/mol. The molecule has 0 aliphatic heterocycles. The van der Waals surface area contributed by atoms with Gasteiger partial charge >= 0.3 is 0 Å². The minimum absolute atomic E-state index is 0.113. The Labute approximate surface area is 110 Å². The normalized spacial score (nSPS) is 11.9. The summed E-state index contributed by atoms with van der Waals surface area (Å²) in [5, 5.41) is 9.04. The fraction of sp³-hybridized carbons (Fsp3) is 0.600. The molecule has 0 bridgehead atoms. The Morgan fingerprint density at radius 1 is 1.53 bits per heavy atom. The number of hydrogen-bond donors (Lipinski definition) is 2. The number of nitrogens with one attached hydrogen (secondary N) is 1. The molecule has 0 aliphatic rings. The summed E-state index contributed by atoms with van der Waals surface area (Å²) >= 11 is 2.82. The molecule has 0 unspecified atom stereocenters. The molecule has 1 heterocycles. The van der Waals surface area contributed by atoms with Crippen LogP contribution in [0.5, 0.6) is 0 Å². The first-order valence-corrected chi connectivity index (χ1v) is 8.89. The van der Waals surface area contributed by atoms with Crippen LogP contribution < -0.4 is 4.72 Å². The average molecular weight is 295 g/mol. The summed E-state index contributed by atoms with van der Waals surface area (Å²) in [4.78, 5) is 0.703. The molecule has 0 aliphatic carbocycles. The maximum absolute atomic E-state index is 11.9. The summed E-state index contributed by atoms with van der Waals surface area (Å²) in [6.07, 6.45) is 2.81. The van der Waals surface area contributed by atoms with E-state index in [0.29, 0.717) is 11.4 Å². The lowest BCUT2D eigenvalue weighted by atomic mass is 10.3. The van der Waals surface area contributed by atoms with Crippen molar-refractivity contribution >= 4 is 33.1 Å². The number of thioether (sulfide) groups is 1. The largest absolute Gasteiger partial charge is 0.391 e. The van der Waals surface area contributed by atoms with Crippen molar-refractivity contribution in [2.45, 2.75) is 24.2 Å². The number of aryl methyl sites for hydroxylation is 1. The van der Waals surface area contributed by atoms with E-state index in [1.165, 1.54) is 0 Å². The topological polar surface area (TPSA) is 66.4 Å². The highest BCUT2D eigenvalue weighted by Gasteiger charge is 2.17. The Hall–Kier alpha value is -0.0800. The number of thiophene rings is 1. The molecule has 2 N–H and O–H groups in total. The van der Waals surface area contributed by atoms with Crippen molar-refractivity contribution in [1.82, 2.24) is 4.72 Å². The van der Waals surface area contributed by atoms with Crippen LogP contribution in [0.4, 0.5) is 0 Å². The molecule has 0 fully saturated rings. The molecule has 4 nitrogen and oxygen atoms in total. The van der Waals surface area contributed by atoms with Gasteiger partial charge in [-0.15, -0.1) is 11.3 Å². The molecule has 0 spiro atoms. The maximum atomic E-state index is 11.9. The zero-order valence-electron chi connectivity index (χ0n) is 9.89. The monoisotopic (exact) mass is 295 g/mol. The lowest BCUT2D eigenvalue weighted by molar-refractivity contribution is 0.285.